The number of hydrogen-bond donors (Lipinski definition) is 3. The number of methoxy groups -OCH3 is 1. The van der Waals surface area contributed by atoms with Crippen molar-refractivity contribution in [1.29, 1.82) is 0 Å². The molecule has 0 saturated heterocycles. The van der Waals surface area contributed by atoms with Gasteiger partial charge in [0.1, 0.15) is 9.88 Å². The van der Waals surface area contributed by atoms with Crippen molar-refractivity contribution in [1.82, 2.24) is 0 Å². The van der Waals surface area contributed by atoms with E-state index in [2.05, 4.69) is 5.32 Å². The summed E-state index contributed by atoms with van der Waals surface area (Å²) in [5.74, 6) is -0.480. The van der Waals surface area contributed by atoms with Gasteiger partial charge >= 0.3 is 5.97 Å². The molecule has 0 aliphatic rings. The predicted molar refractivity (Wildman–Crippen MR) is 101 cm³/mol. The number of esters is 1. The average Bonchev–Trinajstić information content (AvgIpc) is 2.97. The summed E-state index contributed by atoms with van der Waals surface area (Å²) < 4.78 is 4.84. The number of hydrogen-bond acceptors (Lipinski definition) is 6. The van der Waals surface area contributed by atoms with Crippen molar-refractivity contribution >= 4 is 33.7 Å². The molecular formula is C19H18N2O3S. The largest absolute Gasteiger partial charge is 0.465 e. The standard InChI is InChI=1S/C19H18N2O3S/c1-24-19(23)17-16(20)15(14-10-6-5-7-12(14)11-22)18(25-17)21-13-8-3-2-4-9-13/h2-10,21-22H,11,20H2,1H3. The number of nitrogens with two attached hydrogens (primary N) is 1. The zero-order valence-electron chi connectivity index (χ0n) is 13.7. The van der Waals surface area contributed by atoms with Crippen LogP contribution in [0.3, 0.4) is 0 Å². The maximum atomic E-state index is 12.1. The first-order chi connectivity index (χ1) is 12.2. The lowest BCUT2D eigenvalue weighted by Gasteiger charge is -2.11. The number of carbonyl (C=O) groups excluding carboxylic acids is 1. The number of nitrogens with one attached hydrogen (secondary N) is 1. The van der Waals surface area contributed by atoms with Gasteiger partial charge in [0.15, 0.2) is 0 Å². The summed E-state index contributed by atoms with van der Waals surface area (Å²) in [6, 6.07) is 17.0. The molecule has 0 saturated carbocycles. The summed E-state index contributed by atoms with van der Waals surface area (Å²) in [4.78, 5) is 12.4. The van der Waals surface area contributed by atoms with Crippen molar-refractivity contribution in [3.63, 3.8) is 0 Å². The van der Waals surface area contributed by atoms with Gasteiger partial charge in [-0.25, -0.2) is 4.79 Å². The zero-order chi connectivity index (χ0) is 17.8. The van der Waals surface area contributed by atoms with Crippen molar-refractivity contribution in [2.75, 3.05) is 18.2 Å². The summed E-state index contributed by atoms with van der Waals surface area (Å²) in [6.45, 7) is -0.121. The maximum absolute atomic E-state index is 12.1. The molecule has 0 radical (unpaired) electrons. The van der Waals surface area contributed by atoms with Crippen LogP contribution in [0, 0.1) is 0 Å². The van der Waals surface area contributed by atoms with Gasteiger partial charge in [-0.2, -0.15) is 0 Å². The minimum Gasteiger partial charge on any atom is -0.465 e. The maximum Gasteiger partial charge on any atom is 0.350 e. The topological polar surface area (TPSA) is 84.6 Å². The summed E-state index contributed by atoms with van der Waals surface area (Å²) in [6.07, 6.45) is 0. The van der Waals surface area contributed by atoms with E-state index in [1.807, 2.05) is 54.6 Å². The number of benzene rings is 2. The smallest absolute Gasteiger partial charge is 0.350 e. The highest BCUT2D eigenvalue weighted by Gasteiger charge is 2.24. The van der Waals surface area contributed by atoms with E-state index in [-0.39, 0.29) is 6.61 Å². The molecule has 3 aromatic rings. The second-order valence-electron chi connectivity index (χ2n) is 5.35. The number of thiophene rings is 1. The molecule has 0 bridgehead atoms. The highest BCUT2D eigenvalue weighted by Crippen LogP contribution is 2.45. The first kappa shape index (κ1) is 17.0. The third kappa shape index (κ3) is 3.35. The van der Waals surface area contributed by atoms with Crippen LogP contribution in [0.1, 0.15) is 15.2 Å². The van der Waals surface area contributed by atoms with Crippen LogP contribution in [0.5, 0.6) is 0 Å². The highest BCUT2D eigenvalue weighted by atomic mass is 32.1. The van der Waals surface area contributed by atoms with Crippen LogP contribution in [-0.2, 0) is 11.3 Å². The third-order valence-corrected chi connectivity index (χ3v) is 4.91. The SMILES string of the molecule is COC(=O)c1sc(Nc2ccccc2)c(-c2ccccc2CO)c1N. The van der Waals surface area contributed by atoms with Gasteiger partial charge in [0.05, 0.1) is 19.4 Å². The van der Waals surface area contributed by atoms with Gasteiger partial charge in [-0.3, -0.25) is 0 Å². The van der Waals surface area contributed by atoms with Crippen LogP contribution in [0.15, 0.2) is 54.6 Å². The highest BCUT2D eigenvalue weighted by molar-refractivity contribution is 7.19. The molecule has 4 N–H and O–H groups in total. The second-order valence-corrected chi connectivity index (χ2v) is 6.37. The first-order valence-corrected chi connectivity index (χ1v) is 8.49. The van der Waals surface area contributed by atoms with Gasteiger partial charge in [-0.1, -0.05) is 42.5 Å². The molecule has 0 aliphatic heterocycles. The quantitative estimate of drug-likeness (QED) is 0.603. The Bertz CT molecular complexity index is 891. The van der Waals surface area contributed by atoms with Crippen molar-refractivity contribution in [2.45, 2.75) is 6.61 Å². The number of aliphatic hydroxyl groups is 1. The molecule has 0 spiro atoms. The number of rotatable bonds is 5. The molecule has 0 amide bonds. The van der Waals surface area contributed by atoms with Gasteiger partial charge in [0.25, 0.3) is 0 Å². The number of ether oxygens (including phenoxy) is 1. The summed E-state index contributed by atoms with van der Waals surface area (Å²) >= 11 is 1.24. The fraction of sp³-hybridized carbons (Fsp3) is 0.105. The van der Waals surface area contributed by atoms with Crippen LogP contribution in [0.4, 0.5) is 16.4 Å². The van der Waals surface area contributed by atoms with Crippen LogP contribution in [0.25, 0.3) is 11.1 Å². The van der Waals surface area contributed by atoms with E-state index in [0.29, 0.717) is 16.1 Å². The Morgan fingerprint density at radius 1 is 1.16 bits per heavy atom. The molecule has 3 rings (SSSR count). The molecule has 5 nitrogen and oxygen atoms in total. The average molecular weight is 354 g/mol. The summed E-state index contributed by atoms with van der Waals surface area (Å²) in [5, 5.41) is 13.7. The molecule has 25 heavy (non-hydrogen) atoms. The molecule has 0 unspecified atom stereocenters. The third-order valence-electron chi connectivity index (χ3n) is 3.80. The lowest BCUT2D eigenvalue weighted by atomic mass is 10.00. The number of carbonyl (C=O) groups is 1. The Morgan fingerprint density at radius 3 is 2.52 bits per heavy atom. The van der Waals surface area contributed by atoms with Gasteiger partial charge < -0.3 is 20.9 Å². The van der Waals surface area contributed by atoms with E-state index >= 15 is 0 Å². The van der Waals surface area contributed by atoms with Crippen molar-refractivity contribution in [2.24, 2.45) is 0 Å². The van der Waals surface area contributed by atoms with Gasteiger partial charge in [-0.15, -0.1) is 11.3 Å². The Hall–Kier alpha value is -2.83. The molecule has 1 aromatic heterocycles. The van der Waals surface area contributed by atoms with Gasteiger partial charge in [0.2, 0.25) is 0 Å². The molecule has 0 fully saturated rings. The Morgan fingerprint density at radius 2 is 1.84 bits per heavy atom. The van der Waals surface area contributed by atoms with Crippen molar-refractivity contribution in [3.8, 4) is 11.1 Å². The Kier molecular flexibility index (Phi) is 5.02. The first-order valence-electron chi connectivity index (χ1n) is 7.67. The van der Waals surface area contributed by atoms with Crippen molar-refractivity contribution in [3.05, 3.63) is 65.0 Å². The monoisotopic (exact) mass is 354 g/mol. The molecular weight excluding hydrogens is 336 g/mol. The van der Waals surface area contributed by atoms with E-state index < -0.39 is 5.97 Å². The fourth-order valence-electron chi connectivity index (χ4n) is 2.60. The number of anilines is 3. The van der Waals surface area contributed by atoms with Crippen LogP contribution < -0.4 is 11.1 Å². The number of para-hydroxylation sites is 1. The lowest BCUT2D eigenvalue weighted by Crippen LogP contribution is -2.02. The van der Waals surface area contributed by atoms with Crippen molar-refractivity contribution < 1.29 is 14.6 Å². The van der Waals surface area contributed by atoms with E-state index in [4.69, 9.17) is 10.5 Å². The fourth-order valence-corrected chi connectivity index (χ4v) is 3.67. The molecule has 1 heterocycles. The Balaban J connectivity index is 2.17. The Labute approximate surface area is 149 Å². The summed E-state index contributed by atoms with van der Waals surface area (Å²) in [5.41, 5.74) is 9.71. The molecule has 0 atom stereocenters. The molecule has 0 aliphatic carbocycles. The van der Waals surface area contributed by atoms with Crippen LogP contribution in [0.2, 0.25) is 0 Å². The predicted octanol–water partition coefficient (Wildman–Crippen LogP) is 4.02. The minimum absolute atomic E-state index is 0.121. The summed E-state index contributed by atoms with van der Waals surface area (Å²) in [7, 11) is 1.33. The molecule has 128 valence electrons. The number of nitrogen functional groups attached to an aromatic ring is 1. The lowest BCUT2D eigenvalue weighted by molar-refractivity contribution is 0.0607. The van der Waals surface area contributed by atoms with Gasteiger partial charge in [-0.05, 0) is 23.3 Å². The van der Waals surface area contributed by atoms with E-state index in [1.165, 1.54) is 18.4 Å². The second kappa shape index (κ2) is 7.38. The molecule has 2 aromatic carbocycles. The van der Waals surface area contributed by atoms with E-state index in [0.717, 1.165) is 21.8 Å². The van der Waals surface area contributed by atoms with Crippen LogP contribution >= 0.6 is 11.3 Å². The van der Waals surface area contributed by atoms with Crippen LogP contribution in [-0.4, -0.2) is 18.2 Å². The number of aliphatic hydroxyl groups excluding tert-OH is 1. The minimum atomic E-state index is -0.480. The normalized spacial score (nSPS) is 10.5. The van der Waals surface area contributed by atoms with Gasteiger partial charge in [0, 0.05) is 11.3 Å². The van der Waals surface area contributed by atoms with E-state index in [9.17, 15) is 9.90 Å². The zero-order valence-corrected chi connectivity index (χ0v) is 14.5. The molecule has 6 heteroatoms. The van der Waals surface area contributed by atoms with E-state index in [1.54, 1.807) is 0 Å².